The largest absolute Gasteiger partial charge is 0.387 e. The molecule has 220 valence electrons. The van der Waals surface area contributed by atoms with Crippen LogP contribution in [0.4, 0.5) is 14.9 Å². The highest BCUT2D eigenvalue weighted by Crippen LogP contribution is 2.24. The number of nitrogens with one attached hydrogen (secondary N) is 4. The number of hydrogen-bond acceptors (Lipinski definition) is 7. The lowest BCUT2D eigenvalue weighted by molar-refractivity contribution is -0.00178. The Bertz CT molecular complexity index is 1580. The Morgan fingerprint density at radius 3 is 2.43 bits per heavy atom. The second kappa shape index (κ2) is 12.8. The van der Waals surface area contributed by atoms with Crippen LogP contribution >= 0.6 is 0 Å². The van der Waals surface area contributed by atoms with Crippen LogP contribution in [0, 0.1) is 0 Å². The molecule has 5 N–H and O–H groups in total. The minimum Gasteiger partial charge on any atom is -0.387 e. The van der Waals surface area contributed by atoms with Gasteiger partial charge in [0.25, 0.3) is 11.8 Å². The molecule has 0 aliphatic rings. The topological polar surface area (TPSA) is 150 Å². The first kappa shape index (κ1) is 30.1. The minimum absolute atomic E-state index is 0.00752. The third-order valence-corrected chi connectivity index (χ3v) is 6.33. The molecule has 4 amide bonds. The number of alkyl halides is 1. The fourth-order valence-electron chi connectivity index (χ4n) is 4.06. The Kier molecular flexibility index (Phi) is 9.16. The van der Waals surface area contributed by atoms with Crippen molar-refractivity contribution in [2.24, 2.45) is 0 Å². The first-order valence-corrected chi connectivity index (χ1v) is 13.4. The van der Waals surface area contributed by atoms with Gasteiger partial charge in [-0.1, -0.05) is 18.2 Å². The van der Waals surface area contributed by atoms with Gasteiger partial charge < -0.3 is 21.1 Å². The van der Waals surface area contributed by atoms with Crippen LogP contribution in [0.1, 0.15) is 54.0 Å². The Hall–Kier alpha value is -4.84. The van der Waals surface area contributed by atoms with E-state index in [1.807, 2.05) is 26.0 Å². The van der Waals surface area contributed by atoms with Gasteiger partial charge in [-0.15, -0.1) is 0 Å². The van der Waals surface area contributed by atoms with Crippen molar-refractivity contribution >= 4 is 34.6 Å². The zero-order chi connectivity index (χ0) is 30.4. The number of nitrogens with zero attached hydrogens (tertiary/aromatic N) is 3. The van der Waals surface area contributed by atoms with Crippen LogP contribution in [0.5, 0.6) is 0 Å². The van der Waals surface area contributed by atoms with Gasteiger partial charge in [0.05, 0.1) is 23.4 Å². The molecule has 0 bridgehead atoms. The molecule has 0 aliphatic carbocycles. The number of urea groups is 1. The number of amides is 4. The Labute approximate surface area is 242 Å². The molecule has 4 aromatic rings. The maximum absolute atomic E-state index is 14.2. The average Bonchev–Trinajstić information content (AvgIpc) is 3.37. The quantitative estimate of drug-likeness (QED) is 0.193. The molecule has 4 rings (SSSR count). The van der Waals surface area contributed by atoms with Crippen LogP contribution in [-0.2, 0) is 6.54 Å². The van der Waals surface area contributed by atoms with Gasteiger partial charge in [0, 0.05) is 48.2 Å². The van der Waals surface area contributed by atoms with Crippen LogP contribution < -0.4 is 21.3 Å². The summed E-state index contributed by atoms with van der Waals surface area (Å²) in [4.78, 5) is 46.2. The van der Waals surface area contributed by atoms with Gasteiger partial charge in [-0.3, -0.25) is 19.5 Å². The molecule has 0 fully saturated rings. The highest BCUT2D eigenvalue weighted by molar-refractivity contribution is 6.04. The zero-order valence-electron chi connectivity index (χ0n) is 23.8. The van der Waals surface area contributed by atoms with Gasteiger partial charge in [-0.05, 0) is 57.5 Å². The maximum atomic E-state index is 14.2. The first-order valence-electron chi connectivity index (χ1n) is 13.4. The molecule has 3 aromatic heterocycles. The molecule has 1 aromatic carbocycles. The number of rotatable bonds is 10. The molecular formula is C30H34FN7O4. The van der Waals surface area contributed by atoms with Crippen molar-refractivity contribution in [1.82, 2.24) is 30.5 Å². The normalized spacial score (nSPS) is 12.2. The van der Waals surface area contributed by atoms with Gasteiger partial charge in [-0.25, -0.2) is 19.2 Å². The van der Waals surface area contributed by atoms with Crippen molar-refractivity contribution in [2.45, 2.75) is 52.1 Å². The second-order valence-electron chi connectivity index (χ2n) is 10.7. The summed E-state index contributed by atoms with van der Waals surface area (Å²) < 4.78 is 15.9. The number of imide groups is 1. The summed E-state index contributed by atoms with van der Waals surface area (Å²) >= 11 is 0. The molecule has 42 heavy (non-hydrogen) atoms. The molecule has 0 aliphatic heterocycles. The lowest BCUT2D eigenvalue weighted by Gasteiger charge is -2.23. The summed E-state index contributed by atoms with van der Waals surface area (Å²) in [7, 11) is 0. The van der Waals surface area contributed by atoms with E-state index in [-0.39, 0.29) is 24.7 Å². The minimum atomic E-state index is -1.64. The number of pyridine rings is 2. The summed E-state index contributed by atoms with van der Waals surface area (Å²) in [5.74, 6) is -0.519. The van der Waals surface area contributed by atoms with E-state index in [9.17, 15) is 23.9 Å². The monoisotopic (exact) mass is 575 g/mol. The smallest absolute Gasteiger partial charge is 0.321 e. The van der Waals surface area contributed by atoms with Crippen molar-refractivity contribution in [1.29, 1.82) is 0 Å². The predicted octanol–water partition coefficient (Wildman–Crippen LogP) is 3.72. The van der Waals surface area contributed by atoms with Crippen molar-refractivity contribution in [3.8, 4) is 5.82 Å². The zero-order valence-corrected chi connectivity index (χ0v) is 23.8. The molecule has 1 atom stereocenters. The van der Waals surface area contributed by atoms with Crippen LogP contribution in [-0.4, -0.2) is 61.8 Å². The van der Waals surface area contributed by atoms with Gasteiger partial charge >= 0.3 is 6.03 Å². The van der Waals surface area contributed by atoms with Crippen molar-refractivity contribution in [2.75, 3.05) is 11.9 Å². The molecule has 11 nitrogen and oxygen atoms in total. The number of carbonyl (C=O) groups excluding carboxylic acids is 3. The Morgan fingerprint density at radius 2 is 1.74 bits per heavy atom. The highest BCUT2D eigenvalue weighted by atomic mass is 19.1. The van der Waals surface area contributed by atoms with Crippen molar-refractivity contribution < 1.29 is 23.9 Å². The number of fused-ring (bicyclic) bond motifs is 1. The second-order valence-corrected chi connectivity index (χ2v) is 10.7. The van der Waals surface area contributed by atoms with Crippen molar-refractivity contribution in [3.05, 3.63) is 83.8 Å². The summed E-state index contributed by atoms with van der Waals surface area (Å²) in [5, 5.41) is 21.3. The Morgan fingerprint density at radius 1 is 1.00 bits per heavy atom. The molecule has 0 spiro atoms. The van der Waals surface area contributed by atoms with Crippen LogP contribution in [0.2, 0.25) is 0 Å². The first-order chi connectivity index (χ1) is 19.9. The van der Waals surface area contributed by atoms with Gasteiger partial charge in [0.1, 0.15) is 17.6 Å². The molecule has 0 saturated carbocycles. The number of anilines is 1. The predicted molar refractivity (Wildman–Crippen MR) is 157 cm³/mol. The maximum Gasteiger partial charge on any atom is 0.321 e. The van der Waals surface area contributed by atoms with Crippen molar-refractivity contribution in [3.63, 3.8) is 0 Å². The fraction of sp³-hybridized carbons (Fsp3) is 0.300. The molecule has 1 unspecified atom stereocenters. The summed E-state index contributed by atoms with van der Waals surface area (Å²) in [6, 6.07) is 13.2. The number of aliphatic hydroxyl groups is 1. The van der Waals surface area contributed by atoms with E-state index >= 15 is 0 Å². The summed E-state index contributed by atoms with van der Waals surface area (Å²) in [5.41, 5.74) is 0.864. The number of halogens is 1. The number of benzene rings is 1. The van der Waals surface area contributed by atoms with E-state index in [1.165, 1.54) is 20.0 Å². The lowest BCUT2D eigenvalue weighted by Crippen LogP contribution is -2.42. The average molecular weight is 576 g/mol. The van der Waals surface area contributed by atoms with Gasteiger partial charge in [0.2, 0.25) is 0 Å². The van der Waals surface area contributed by atoms with E-state index in [4.69, 9.17) is 0 Å². The Balaban J connectivity index is 1.47. The van der Waals surface area contributed by atoms with E-state index in [2.05, 4.69) is 31.2 Å². The third-order valence-electron chi connectivity index (χ3n) is 6.33. The van der Waals surface area contributed by atoms with E-state index in [0.29, 0.717) is 22.7 Å². The number of carbonyl (C=O) groups is 3. The fourth-order valence-corrected chi connectivity index (χ4v) is 4.06. The molecule has 3 heterocycles. The number of hydrogen-bond donors (Lipinski definition) is 5. The molecule has 12 heteroatoms. The lowest BCUT2D eigenvalue weighted by atomic mass is 10.0. The summed E-state index contributed by atoms with van der Waals surface area (Å²) in [6.07, 6.45) is 3.17. The van der Waals surface area contributed by atoms with Crippen LogP contribution in [0.25, 0.3) is 16.9 Å². The van der Waals surface area contributed by atoms with E-state index in [1.54, 1.807) is 53.4 Å². The standard InChI is InChI=1S/C30H34FN7O4/c1-18(2)36-23-13-25(32-16-22(23)28(40)34-17-24(31)30(3,4)42)38-11-10-21-12-19(14-33-26(21)38)15-35-29(41)37-27(39)20-8-6-5-7-9-20/h5-14,16,18,24,42H,15,17H2,1-4H3,(H,32,36)(H,34,40)(H2,35,37,39,41). The van der Waals surface area contributed by atoms with Crippen LogP contribution in [0.3, 0.4) is 0 Å². The van der Waals surface area contributed by atoms with E-state index < -0.39 is 29.6 Å². The SMILES string of the molecule is CC(C)Nc1cc(-n2ccc3cc(CNC(=O)NC(=O)c4ccccc4)cnc32)ncc1C(=O)NCC(F)C(C)(C)O. The molecular weight excluding hydrogens is 541 g/mol. The highest BCUT2D eigenvalue weighted by Gasteiger charge is 2.27. The van der Waals surface area contributed by atoms with Gasteiger partial charge in [0.15, 0.2) is 0 Å². The third kappa shape index (κ3) is 7.46. The molecule has 0 radical (unpaired) electrons. The number of aromatic nitrogens is 3. The van der Waals surface area contributed by atoms with Crippen LogP contribution in [0.15, 0.2) is 67.1 Å². The summed E-state index contributed by atoms with van der Waals surface area (Å²) in [6.45, 7) is 6.33. The molecule has 0 saturated heterocycles. The van der Waals surface area contributed by atoms with Gasteiger partial charge in [-0.2, -0.15) is 0 Å². The van der Waals surface area contributed by atoms with E-state index in [0.717, 1.165) is 10.9 Å².